The van der Waals surface area contributed by atoms with Gasteiger partial charge in [-0.25, -0.2) is 4.98 Å². The third-order valence-electron chi connectivity index (χ3n) is 3.72. The Hall–Kier alpha value is -1.30. The highest BCUT2D eigenvalue weighted by atomic mass is 19.4. The van der Waals surface area contributed by atoms with Gasteiger partial charge in [-0.2, -0.15) is 13.2 Å². The third kappa shape index (κ3) is 3.42. The van der Waals surface area contributed by atoms with Gasteiger partial charge < -0.3 is 10.2 Å². The molecular formula is C14H20F3N3. The number of pyridine rings is 1. The first-order valence-corrected chi connectivity index (χ1v) is 6.97. The topological polar surface area (TPSA) is 28.2 Å². The van der Waals surface area contributed by atoms with Crippen LogP contribution in [0.1, 0.15) is 31.2 Å². The maximum Gasteiger partial charge on any atom is 0.419 e. The molecule has 0 radical (unpaired) electrons. The standard InChI is InChI=1S/C14H20F3N3/c1-18-9-7-11-5-2-3-10-20(11)13-12(14(15,16)17)6-4-8-19-13/h4,6,8,11,18H,2-3,5,7,9-10H2,1H3. The van der Waals surface area contributed by atoms with E-state index in [1.807, 2.05) is 11.9 Å². The Kier molecular flexibility index (Phi) is 4.86. The average molecular weight is 287 g/mol. The molecule has 0 bridgehead atoms. The molecule has 1 unspecified atom stereocenters. The minimum atomic E-state index is -4.35. The zero-order valence-corrected chi connectivity index (χ0v) is 11.6. The van der Waals surface area contributed by atoms with Crippen molar-refractivity contribution >= 4 is 5.82 Å². The van der Waals surface area contributed by atoms with Crippen molar-refractivity contribution in [2.24, 2.45) is 0 Å². The highest BCUT2D eigenvalue weighted by molar-refractivity contribution is 5.49. The largest absolute Gasteiger partial charge is 0.419 e. The van der Waals surface area contributed by atoms with Crippen molar-refractivity contribution in [3.8, 4) is 0 Å². The summed E-state index contributed by atoms with van der Waals surface area (Å²) in [6.07, 6.45) is 0.839. The summed E-state index contributed by atoms with van der Waals surface area (Å²) >= 11 is 0. The van der Waals surface area contributed by atoms with Crippen molar-refractivity contribution in [1.82, 2.24) is 10.3 Å². The number of nitrogens with one attached hydrogen (secondary N) is 1. The molecule has 112 valence electrons. The van der Waals surface area contributed by atoms with E-state index in [1.54, 1.807) is 0 Å². The smallest absolute Gasteiger partial charge is 0.353 e. The van der Waals surface area contributed by atoms with Gasteiger partial charge >= 0.3 is 6.18 Å². The quantitative estimate of drug-likeness (QED) is 0.922. The second-order valence-corrected chi connectivity index (χ2v) is 5.11. The minimum absolute atomic E-state index is 0.0841. The molecule has 1 fully saturated rings. The van der Waals surface area contributed by atoms with E-state index in [9.17, 15) is 13.2 Å². The molecule has 1 atom stereocenters. The molecular weight excluding hydrogens is 267 g/mol. The second-order valence-electron chi connectivity index (χ2n) is 5.11. The maximum absolute atomic E-state index is 13.1. The Balaban J connectivity index is 2.28. The number of hydrogen-bond donors (Lipinski definition) is 1. The lowest BCUT2D eigenvalue weighted by atomic mass is 9.98. The van der Waals surface area contributed by atoms with Gasteiger partial charge in [0.15, 0.2) is 0 Å². The number of hydrogen-bond acceptors (Lipinski definition) is 3. The van der Waals surface area contributed by atoms with E-state index >= 15 is 0 Å². The number of rotatable bonds is 4. The number of aromatic nitrogens is 1. The summed E-state index contributed by atoms with van der Waals surface area (Å²) in [7, 11) is 1.86. The SMILES string of the molecule is CNCCC1CCCCN1c1ncccc1C(F)(F)F. The van der Waals surface area contributed by atoms with Crippen molar-refractivity contribution in [2.75, 3.05) is 25.0 Å². The van der Waals surface area contributed by atoms with Crippen LogP contribution in [0.25, 0.3) is 0 Å². The average Bonchev–Trinajstić information content (AvgIpc) is 2.44. The summed E-state index contributed by atoms with van der Waals surface area (Å²) in [6, 6.07) is 2.59. The summed E-state index contributed by atoms with van der Waals surface area (Å²) in [4.78, 5) is 5.85. The normalized spacial score (nSPS) is 20.2. The molecule has 0 spiro atoms. The van der Waals surface area contributed by atoms with Gasteiger partial charge in [-0.05, 0) is 51.4 Å². The number of halogens is 3. The van der Waals surface area contributed by atoms with Gasteiger partial charge in [0.1, 0.15) is 5.82 Å². The highest BCUT2D eigenvalue weighted by Crippen LogP contribution is 2.37. The van der Waals surface area contributed by atoms with Crippen LogP contribution >= 0.6 is 0 Å². The van der Waals surface area contributed by atoms with Crippen molar-refractivity contribution in [3.05, 3.63) is 23.9 Å². The lowest BCUT2D eigenvalue weighted by Crippen LogP contribution is -2.42. The molecule has 2 rings (SSSR count). The lowest BCUT2D eigenvalue weighted by molar-refractivity contribution is -0.137. The van der Waals surface area contributed by atoms with Gasteiger partial charge in [0.25, 0.3) is 0 Å². The molecule has 0 aromatic carbocycles. The first-order valence-electron chi connectivity index (χ1n) is 6.97. The maximum atomic E-state index is 13.1. The van der Waals surface area contributed by atoms with Gasteiger partial charge in [0.2, 0.25) is 0 Å². The first kappa shape index (κ1) is 15.1. The number of alkyl halides is 3. The fourth-order valence-corrected chi connectivity index (χ4v) is 2.74. The fraction of sp³-hybridized carbons (Fsp3) is 0.643. The van der Waals surface area contributed by atoms with Gasteiger partial charge in [-0.15, -0.1) is 0 Å². The van der Waals surface area contributed by atoms with Crippen LogP contribution in [0.3, 0.4) is 0 Å². The first-order chi connectivity index (χ1) is 9.54. The Labute approximate surface area is 117 Å². The molecule has 1 aromatic rings. The van der Waals surface area contributed by atoms with Gasteiger partial charge in [-0.3, -0.25) is 0 Å². The van der Waals surface area contributed by atoms with E-state index in [0.717, 1.165) is 38.3 Å². The molecule has 6 heteroatoms. The molecule has 20 heavy (non-hydrogen) atoms. The molecule has 1 N–H and O–H groups in total. The molecule has 1 aliphatic rings. The zero-order chi connectivity index (χ0) is 14.6. The minimum Gasteiger partial charge on any atom is -0.353 e. The van der Waals surface area contributed by atoms with Crippen LogP contribution in [0, 0.1) is 0 Å². The summed E-state index contributed by atoms with van der Waals surface area (Å²) in [6.45, 7) is 1.45. The molecule has 1 aromatic heterocycles. The Morgan fingerprint density at radius 3 is 2.90 bits per heavy atom. The summed E-state index contributed by atoms with van der Waals surface area (Å²) in [5.74, 6) is 0.0841. The summed E-state index contributed by atoms with van der Waals surface area (Å²) in [5.41, 5.74) is -0.628. The van der Waals surface area contributed by atoms with Crippen LogP contribution in [0.4, 0.5) is 19.0 Å². The third-order valence-corrected chi connectivity index (χ3v) is 3.72. The Morgan fingerprint density at radius 1 is 1.40 bits per heavy atom. The van der Waals surface area contributed by atoms with Crippen molar-refractivity contribution in [3.63, 3.8) is 0 Å². The van der Waals surface area contributed by atoms with Crippen LogP contribution in [-0.2, 0) is 6.18 Å². The predicted octanol–water partition coefficient (Wildman–Crippen LogP) is 3.07. The molecule has 2 heterocycles. The number of nitrogens with zero attached hydrogens (tertiary/aromatic N) is 2. The van der Waals surface area contributed by atoms with Gasteiger partial charge in [0, 0.05) is 18.8 Å². The van der Waals surface area contributed by atoms with Crippen molar-refractivity contribution in [2.45, 2.75) is 37.9 Å². The lowest BCUT2D eigenvalue weighted by Gasteiger charge is -2.38. The van der Waals surface area contributed by atoms with Crippen molar-refractivity contribution in [1.29, 1.82) is 0 Å². The van der Waals surface area contributed by atoms with E-state index in [4.69, 9.17) is 0 Å². The Morgan fingerprint density at radius 2 is 2.20 bits per heavy atom. The van der Waals surface area contributed by atoms with E-state index in [0.29, 0.717) is 6.54 Å². The fourth-order valence-electron chi connectivity index (χ4n) is 2.74. The summed E-state index contributed by atoms with van der Waals surface area (Å²) < 4.78 is 39.3. The molecule has 1 aliphatic heterocycles. The monoisotopic (exact) mass is 287 g/mol. The number of anilines is 1. The van der Waals surface area contributed by atoms with Crippen LogP contribution in [-0.4, -0.2) is 31.2 Å². The molecule has 1 saturated heterocycles. The molecule has 0 aliphatic carbocycles. The highest BCUT2D eigenvalue weighted by Gasteiger charge is 2.37. The second kappa shape index (κ2) is 6.43. The van der Waals surface area contributed by atoms with Gasteiger partial charge in [0.05, 0.1) is 5.56 Å². The van der Waals surface area contributed by atoms with Crippen molar-refractivity contribution < 1.29 is 13.2 Å². The number of piperidine rings is 1. The van der Waals surface area contributed by atoms with Crippen LogP contribution in [0.2, 0.25) is 0 Å². The Bertz CT molecular complexity index is 434. The molecule has 0 amide bonds. The summed E-state index contributed by atoms with van der Waals surface area (Å²) in [5, 5.41) is 3.06. The van der Waals surface area contributed by atoms with Crippen LogP contribution in [0.15, 0.2) is 18.3 Å². The van der Waals surface area contributed by atoms with Gasteiger partial charge in [-0.1, -0.05) is 0 Å². The van der Waals surface area contributed by atoms with Crippen LogP contribution < -0.4 is 10.2 Å². The predicted molar refractivity (Wildman–Crippen MR) is 72.8 cm³/mol. The van der Waals surface area contributed by atoms with E-state index < -0.39 is 11.7 Å². The molecule has 0 saturated carbocycles. The van der Waals surface area contributed by atoms with E-state index in [-0.39, 0.29) is 11.9 Å². The van der Waals surface area contributed by atoms with E-state index in [1.165, 1.54) is 12.3 Å². The zero-order valence-electron chi connectivity index (χ0n) is 11.6. The van der Waals surface area contributed by atoms with E-state index in [2.05, 4.69) is 10.3 Å². The molecule has 3 nitrogen and oxygen atoms in total. The van der Waals surface area contributed by atoms with Crippen LogP contribution in [0.5, 0.6) is 0 Å².